The number of ketones is 1. The van der Waals surface area contributed by atoms with Crippen LogP contribution in [0.4, 0.5) is 0 Å². The maximum absolute atomic E-state index is 12.5. The van der Waals surface area contributed by atoms with Crippen LogP contribution in [0, 0.1) is 11.3 Å². The largest absolute Gasteiger partial charge is 0.493 e. The van der Waals surface area contributed by atoms with Gasteiger partial charge in [0.05, 0.1) is 6.61 Å². The third-order valence-electron chi connectivity index (χ3n) is 4.16. The van der Waals surface area contributed by atoms with E-state index in [1.165, 1.54) is 0 Å². The number of para-hydroxylation sites is 1. The number of Topliss-reactive ketones (excluding diaryl/α,β-unsaturated/α-hetero) is 1. The molecule has 90 valence electrons. The first kappa shape index (κ1) is 10.8. The number of hydrogen-bond acceptors (Lipinski definition) is 2. The average Bonchev–Trinajstić information content (AvgIpc) is 2.97. The molecule has 0 aromatic heterocycles. The lowest BCUT2D eigenvalue weighted by Gasteiger charge is -2.25. The van der Waals surface area contributed by atoms with Crippen LogP contribution in [-0.2, 0) is 4.79 Å². The highest BCUT2D eigenvalue weighted by Gasteiger charge is 2.52. The van der Waals surface area contributed by atoms with Gasteiger partial charge < -0.3 is 4.74 Å². The van der Waals surface area contributed by atoms with Crippen molar-refractivity contribution in [2.24, 2.45) is 11.3 Å². The van der Waals surface area contributed by atoms with Crippen LogP contribution in [0.1, 0.15) is 38.2 Å². The molecular formula is C15H18O2. The van der Waals surface area contributed by atoms with Gasteiger partial charge in [-0.2, -0.15) is 0 Å². The van der Waals surface area contributed by atoms with Gasteiger partial charge in [-0.1, -0.05) is 32.0 Å². The van der Waals surface area contributed by atoms with Crippen molar-refractivity contribution >= 4 is 5.78 Å². The Morgan fingerprint density at radius 1 is 1.35 bits per heavy atom. The second-order valence-electron chi connectivity index (χ2n) is 5.88. The molecule has 0 radical (unpaired) electrons. The van der Waals surface area contributed by atoms with E-state index in [2.05, 4.69) is 13.8 Å². The van der Waals surface area contributed by atoms with Crippen LogP contribution < -0.4 is 4.74 Å². The Balaban J connectivity index is 1.88. The van der Waals surface area contributed by atoms with Crippen molar-refractivity contribution in [1.82, 2.24) is 0 Å². The smallest absolute Gasteiger partial charge is 0.144 e. The Kier molecular flexibility index (Phi) is 2.29. The van der Waals surface area contributed by atoms with Gasteiger partial charge in [0.15, 0.2) is 0 Å². The summed E-state index contributed by atoms with van der Waals surface area (Å²) < 4.78 is 5.60. The Bertz CT molecular complexity index is 462. The molecule has 1 aromatic carbocycles. The van der Waals surface area contributed by atoms with Gasteiger partial charge in [-0.3, -0.25) is 4.79 Å². The molecule has 2 nitrogen and oxygen atoms in total. The second-order valence-corrected chi connectivity index (χ2v) is 5.88. The van der Waals surface area contributed by atoms with Gasteiger partial charge in [-0.05, 0) is 24.3 Å². The van der Waals surface area contributed by atoms with Gasteiger partial charge in [0.1, 0.15) is 11.5 Å². The zero-order valence-corrected chi connectivity index (χ0v) is 10.4. The Morgan fingerprint density at radius 3 is 2.76 bits per heavy atom. The van der Waals surface area contributed by atoms with E-state index in [1.54, 1.807) is 0 Å². The highest BCUT2D eigenvalue weighted by molar-refractivity contribution is 5.91. The fourth-order valence-electron chi connectivity index (χ4n) is 2.83. The first-order valence-corrected chi connectivity index (χ1v) is 6.35. The lowest BCUT2D eigenvalue weighted by atomic mass is 9.86. The highest BCUT2D eigenvalue weighted by atomic mass is 16.5. The predicted octanol–water partition coefficient (Wildman–Crippen LogP) is 3.17. The molecule has 17 heavy (non-hydrogen) atoms. The van der Waals surface area contributed by atoms with Crippen LogP contribution in [0.3, 0.4) is 0 Å². The second kappa shape index (κ2) is 3.59. The fraction of sp³-hybridized carbons (Fsp3) is 0.533. The van der Waals surface area contributed by atoms with E-state index in [9.17, 15) is 4.79 Å². The number of ether oxygens (including phenoxy) is 1. The van der Waals surface area contributed by atoms with Crippen molar-refractivity contribution in [3.63, 3.8) is 0 Å². The lowest BCUT2D eigenvalue weighted by Crippen LogP contribution is -2.23. The van der Waals surface area contributed by atoms with E-state index in [4.69, 9.17) is 4.74 Å². The van der Waals surface area contributed by atoms with Crippen LogP contribution in [0.5, 0.6) is 5.75 Å². The molecule has 2 unspecified atom stereocenters. The van der Waals surface area contributed by atoms with Crippen LogP contribution in [0.25, 0.3) is 0 Å². The molecule has 1 aromatic rings. The molecule has 1 aliphatic heterocycles. The molecule has 0 saturated heterocycles. The summed E-state index contributed by atoms with van der Waals surface area (Å²) in [5.41, 5.74) is 1.32. The van der Waals surface area contributed by atoms with Gasteiger partial charge in [-0.25, -0.2) is 0 Å². The van der Waals surface area contributed by atoms with Crippen molar-refractivity contribution in [2.45, 2.75) is 32.6 Å². The summed E-state index contributed by atoms with van der Waals surface area (Å²) in [4.78, 5) is 12.5. The minimum Gasteiger partial charge on any atom is -0.493 e. The van der Waals surface area contributed by atoms with Gasteiger partial charge in [-0.15, -0.1) is 0 Å². The molecule has 0 N–H and O–H groups in total. The predicted molar refractivity (Wildman–Crippen MR) is 66.2 cm³/mol. The number of carbonyl (C=O) groups excluding carboxylic acids is 1. The summed E-state index contributed by atoms with van der Waals surface area (Å²) in [6.45, 7) is 5.03. The van der Waals surface area contributed by atoms with Crippen LogP contribution in [-0.4, -0.2) is 12.4 Å². The quantitative estimate of drug-likeness (QED) is 0.780. The van der Waals surface area contributed by atoms with E-state index < -0.39 is 0 Å². The van der Waals surface area contributed by atoms with Gasteiger partial charge >= 0.3 is 0 Å². The SMILES string of the molecule is CC1(C)CC1C(=O)C1CCOc2ccccc21. The normalized spacial score (nSPS) is 29.1. The van der Waals surface area contributed by atoms with Crippen molar-refractivity contribution in [3.8, 4) is 5.75 Å². The molecule has 2 atom stereocenters. The molecule has 0 amide bonds. The lowest BCUT2D eigenvalue weighted by molar-refractivity contribution is -0.123. The number of benzene rings is 1. The molecule has 1 fully saturated rings. The van der Waals surface area contributed by atoms with Gasteiger partial charge in [0.25, 0.3) is 0 Å². The monoisotopic (exact) mass is 230 g/mol. The summed E-state index contributed by atoms with van der Waals surface area (Å²) in [5, 5.41) is 0. The summed E-state index contributed by atoms with van der Waals surface area (Å²) in [6, 6.07) is 7.96. The van der Waals surface area contributed by atoms with E-state index >= 15 is 0 Å². The Morgan fingerprint density at radius 2 is 2.06 bits per heavy atom. The number of fused-ring (bicyclic) bond motifs is 1. The van der Waals surface area contributed by atoms with E-state index in [1.807, 2.05) is 24.3 Å². The third kappa shape index (κ3) is 1.76. The van der Waals surface area contributed by atoms with Crippen molar-refractivity contribution in [1.29, 1.82) is 0 Å². The first-order valence-electron chi connectivity index (χ1n) is 6.35. The minimum atomic E-state index is 0.0618. The molecule has 3 rings (SSSR count). The molecule has 0 spiro atoms. The standard InChI is InChI=1S/C15H18O2/c1-15(2)9-12(15)14(16)11-7-8-17-13-6-4-3-5-10(11)13/h3-6,11-12H,7-9H2,1-2H3. The van der Waals surface area contributed by atoms with E-state index in [-0.39, 0.29) is 17.3 Å². The highest BCUT2D eigenvalue weighted by Crippen LogP contribution is 2.54. The third-order valence-corrected chi connectivity index (χ3v) is 4.16. The minimum absolute atomic E-state index is 0.0618. The van der Waals surface area contributed by atoms with E-state index in [0.717, 1.165) is 24.2 Å². The number of hydrogen-bond donors (Lipinski definition) is 0. The molecule has 1 saturated carbocycles. The summed E-state index contributed by atoms with van der Waals surface area (Å²) >= 11 is 0. The summed E-state index contributed by atoms with van der Waals surface area (Å²) in [6.07, 6.45) is 1.88. The van der Waals surface area contributed by atoms with Gasteiger partial charge in [0.2, 0.25) is 0 Å². The number of carbonyl (C=O) groups is 1. The topological polar surface area (TPSA) is 26.3 Å². The van der Waals surface area contributed by atoms with E-state index in [0.29, 0.717) is 12.4 Å². The maximum atomic E-state index is 12.5. The zero-order chi connectivity index (χ0) is 12.0. The first-order chi connectivity index (χ1) is 8.09. The molecule has 0 bridgehead atoms. The Labute approximate surface area is 102 Å². The number of rotatable bonds is 2. The van der Waals surface area contributed by atoms with Crippen molar-refractivity contribution in [3.05, 3.63) is 29.8 Å². The van der Waals surface area contributed by atoms with Crippen LogP contribution in [0.2, 0.25) is 0 Å². The zero-order valence-electron chi connectivity index (χ0n) is 10.4. The molecule has 2 heteroatoms. The molecule has 1 aliphatic carbocycles. The Hall–Kier alpha value is -1.31. The van der Waals surface area contributed by atoms with Crippen molar-refractivity contribution < 1.29 is 9.53 Å². The fourth-order valence-corrected chi connectivity index (χ4v) is 2.83. The van der Waals surface area contributed by atoms with Crippen molar-refractivity contribution in [2.75, 3.05) is 6.61 Å². The maximum Gasteiger partial charge on any atom is 0.144 e. The summed E-state index contributed by atoms with van der Waals surface area (Å²) in [7, 11) is 0. The molecule has 1 heterocycles. The molecular weight excluding hydrogens is 212 g/mol. The van der Waals surface area contributed by atoms with Crippen LogP contribution in [0.15, 0.2) is 24.3 Å². The van der Waals surface area contributed by atoms with Gasteiger partial charge in [0, 0.05) is 17.4 Å². The average molecular weight is 230 g/mol. The van der Waals surface area contributed by atoms with Crippen LogP contribution >= 0.6 is 0 Å². The molecule has 2 aliphatic rings. The summed E-state index contributed by atoms with van der Waals surface area (Å²) in [5.74, 6) is 1.65.